The standard InChI is InChI=1S/C18H42N4/c1-17(2)7-5-9-19-11-13-21-15-16-22-14-12-20-10-6-8-18(3)4/h17-22H,5-16H2,1-4H3. The maximum atomic E-state index is 3.49. The molecule has 0 aliphatic rings. The monoisotopic (exact) mass is 314 g/mol. The van der Waals surface area contributed by atoms with Gasteiger partial charge in [-0.05, 0) is 50.6 Å². The van der Waals surface area contributed by atoms with Gasteiger partial charge in [-0.25, -0.2) is 0 Å². The normalized spacial score (nSPS) is 11.7. The highest BCUT2D eigenvalue weighted by Crippen LogP contribution is 2.01. The summed E-state index contributed by atoms with van der Waals surface area (Å²) in [4.78, 5) is 0. The van der Waals surface area contributed by atoms with Crippen molar-refractivity contribution in [1.29, 1.82) is 0 Å². The fourth-order valence-electron chi connectivity index (χ4n) is 2.30. The summed E-state index contributed by atoms with van der Waals surface area (Å²) >= 11 is 0. The first kappa shape index (κ1) is 21.8. The fraction of sp³-hybridized carbons (Fsp3) is 1.00. The first-order chi connectivity index (χ1) is 10.6. The first-order valence-electron chi connectivity index (χ1n) is 9.45. The Balaban J connectivity index is 2.97. The van der Waals surface area contributed by atoms with Crippen molar-refractivity contribution in [1.82, 2.24) is 21.3 Å². The van der Waals surface area contributed by atoms with Crippen LogP contribution < -0.4 is 21.3 Å². The second-order valence-corrected chi connectivity index (χ2v) is 7.07. The highest BCUT2D eigenvalue weighted by molar-refractivity contribution is 4.57. The fourth-order valence-corrected chi connectivity index (χ4v) is 2.30. The minimum atomic E-state index is 0.829. The quantitative estimate of drug-likeness (QED) is 0.311. The van der Waals surface area contributed by atoms with E-state index in [1.54, 1.807) is 0 Å². The molecule has 0 rings (SSSR count). The summed E-state index contributed by atoms with van der Waals surface area (Å²) in [6, 6.07) is 0. The molecule has 0 unspecified atom stereocenters. The lowest BCUT2D eigenvalue weighted by Crippen LogP contribution is -2.35. The lowest BCUT2D eigenvalue weighted by atomic mass is 10.1. The van der Waals surface area contributed by atoms with Crippen LogP contribution in [0.1, 0.15) is 53.4 Å². The topological polar surface area (TPSA) is 48.1 Å². The van der Waals surface area contributed by atoms with Crippen LogP contribution in [0.3, 0.4) is 0 Å². The number of hydrogen-bond donors (Lipinski definition) is 4. The van der Waals surface area contributed by atoms with E-state index in [-0.39, 0.29) is 0 Å². The lowest BCUT2D eigenvalue weighted by Gasteiger charge is -2.09. The molecule has 0 atom stereocenters. The minimum absolute atomic E-state index is 0.829. The van der Waals surface area contributed by atoms with Crippen molar-refractivity contribution in [3.05, 3.63) is 0 Å². The molecule has 4 heteroatoms. The summed E-state index contributed by atoms with van der Waals surface area (Å²) in [6.07, 6.45) is 5.25. The van der Waals surface area contributed by atoms with Crippen molar-refractivity contribution in [2.45, 2.75) is 53.4 Å². The van der Waals surface area contributed by atoms with Crippen molar-refractivity contribution in [3.63, 3.8) is 0 Å². The number of rotatable bonds is 17. The van der Waals surface area contributed by atoms with Gasteiger partial charge in [0.15, 0.2) is 0 Å². The van der Waals surface area contributed by atoms with E-state index in [0.717, 1.165) is 64.2 Å². The molecule has 0 spiro atoms. The van der Waals surface area contributed by atoms with E-state index < -0.39 is 0 Å². The van der Waals surface area contributed by atoms with Gasteiger partial charge in [-0.3, -0.25) is 0 Å². The summed E-state index contributed by atoms with van der Waals surface area (Å²) in [5.74, 6) is 1.66. The Labute approximate surface area is 139 Å². The summed E-state index contributed by atoms with van der Waals surface area (Å²) in [7, 11) is 0. The molecule has 0 heterocycles. The molecule has 22 heavy (non-hydrogen) atoms. The molecular weight excluding hydrogens is 272 g/mol. The highest BCUT2D eigenvalue weighted by Gasteiger charge is 1.94. The molecule has 0 saturated carbocycles. The molecule has 0 aromatic rings. The Morgan fingerprint density at radius 2 is 0.727 bits per heavy atom. The van der Waals surface area contributed by atoms with Crippen molar-refractivity contribution >= 4 is 0 Å². The average Bonchev–Trinajstić information content (AvgIpc) is 2.46. The van der Waals surface area contributed by atoms with Gasteiger partial charge < -0.3 is 21.3 Å². The van der Waals surface area contributed by atoms with Crippen LogP contribution >= 0.6 is 0 Å². The smallest absolute Gasteiger partial charge is 0.00772 e. The predicted molar refractivity (Wildman–Crippen MR) is 99.6 cm³/mol. The third kappa shape index (κ3) is 19.8. The zero-order chi connectivity index (χ0) is 16.5. The van der Waals surface area contributed by atoms with Gasteiger partial charge in [0.05, 0.1) is 0 Å². The second kappa shape index (κ2) is 17.2. The number of nitrogens with one attached hydrogen (secondary N) is 4. The Morgan fingerprint density at radius 1 is 0.455 bits per heavy atom. The van der Waals surface area contributed by atoms with Gasteiger partial charge in [0.1, 0.15) is 0 Å². The van der Waals surface area contributed by atoms with Gasteiger partial charge in [-0.2, -0.15) is 0 Å². The molecule has 4 N–H and O–H groups in total. The largest absolute Gasteiger partial charge is 0.315 e. The van der Waals surface area contributed by atoms with Crippen LogP contribution in [0.25, 0.3) is 0 Å². The van der Waals surface area contributed by atoms with Crippen LogP contribution in [-0.4, -0.2) is 52.4 Å². The van der Waals surface area contributed by atoms with E-state index in [2.05, 4.69) is 49.0 Å². The Kier molecular flexibility index (Phi) is 17.1. The summed E-state index contributed by atoms with van der Waals surface area (Å²) in [5, 5.41) is 13.9. The third-order valence-electron chi connectivity index (χ3n) is 3.71. The van der Waals surface area contributed by atoms with E-state index in [1.165, 1.54) is 25.7 Å². The molecule has 0 aromatic heterocycles. The van der Waals surface area contributed by atoms with E-state index in [0.29, 0.717) is 0 Å². The van der Waals surface area contributed by atoms with Crippen LogP contribution in [-0.2, 0) is 0 Å². The summed E-state index contributed by atoms with van der Waals surface area (Å²) in [5.41, 5.74) is 0. The van der Waals surface area contributed by atoms with Gasteiger partial charge in [0, 0.05) is 39.3 Å². The van der Waals surface area contributed by atoms with Crippen LogP contribution in [0.15, 0.2) is 0 Å². The van der Waals surface area contributed by atoms with Crippen molar-refractivity contribution in [2.24, 2.45) is 11.8 Å². The first-order valence-corrected chi connectivity index (χ1v) is 9.45. The molecule has 0 saturated heterocycles. The second-order valence-electron chi connectivity index (χ2n) is 7.07. The summed E-state index contributed by atoms with van der Waals surface area (Å²) in [6.45, 7) is 17.9. The number of hydrogen-bond acceptors (Lipinski definition) is 4. The minimum Gasteiger partial charge on any atom is -0.315 e. The highest BCUT2D eigenvalue weighted by atomic mass is 15.0. The zero-order valence-corrected chi connectivity index (χ0v) is 15.6. The SMILES string of the molecule is CC(C)CCCNCCNCCNCCNCCCC(C)C. The van der Waals surface area contributed by atoms with Crippen LogP contribution in [0.4, 0.5) is 0 Å². The Morgan fingerprint density at radius 3 is 1.00 bits per heavy atom. The molecule has 0 radical (unpaired) electrons. The third-order valence-corrected chi connectivity index (χ3v) is 3.71. The molecule has 0 bridgehead atoms. The maximum Gasteiger partial charge on any atom is 0.00772 e. The molecule has 4 nitrogen and oxygen atoms in total. The van der Waals surface area contributed by atoms with E-state index >= 15 is 0 Å². The molecule has 0 amide bonds. The van der Waals surface area contributed by atoms with Gasteiger partial charge in [0.2, 0.25) is 0 Å². The van der Waals surface area contributed by atoms with E-state index in [4.69, 9.17) is 0 Å². The zero-order valence-electron chi connectivity index (χ0n) is 15.6. The molecule has 0 fully saturated rings. The van der Waals surface area contributed by atoms with Crippen molar-refractivity contribution in [2.75, 3.05) is 52.4 Å². The maximum absolute atomic E-state index is 3.49. The van der Waals surface area contributed by atoms with E-state index in [1.807, 2.05) is 0 Å². The van der Waals surface area contributed by atoms with Crippen LogP contribution in [0.5, 0.6) is 0 Å². The van der Waals surface area contributed by atoms with Crippen molar-refractivity contribution in [3.8, 4) is 0 Å². The van der Waals surface area contributed by atoms with Crippen LogP contribution in [0, 0.1) is 11.8 Å². The lowest BCUT2D eigenvalue weighted by molar-refractivity contribution is 0.512. The summed E-state index contributed by atoms with van der Waals surface area (Å²) < 4.78 is 0. The predicted octanol–water partition coefficient (Wildman–Crippen LogP) is 2.22. The van der Waals surface area contributed by atoms with Crippen molar-refractivity contribution < 1.29 is 0 Å². The van der Waals surface area contributed by atoms with E-state index in [9.17, 15) is 0 Å². The van der Waals surface area contributed by atoms with Gasteiger partial charge in [-0.15, -0.1) is 0 Å². The van der Waals surface area contributed by atoms with Gasteiger partial charge in [0.25, 0.3) is 0 Å². The molecule has 0 aliphatic carbocycles. The van der Waals surface area contributed by atoms with Gasteiger partial charge in [-0.1, -0.05) is 27.7 Å². The average molecular weight is 315 g/mol. The molecular formula is C18H42N4. The van der Waals surface area contributed by atoms with Gasteiger partial charge >= 0.3 is 0 Å². The van der Waals surface area contributed by atoms with Crippen LogP contribution in [0.2, 0.25) is 0 Å². The molecule has 0 aromatic carbocycles. The molecule has 0 aliphatic heterocycles. The Bertz CT molecular complexity index is 185. The molecule has 134 valence electrons. The Hall–Kier alpha value is -0.160.